The maximum Gasteiger partial charge on any atom is 0.416 e. The van der Waals surface area contributed by atoms with Gasteiger partial charge in [-0.3, -0.25) is 0 Å². The number of ether oxygens (including phenoxy) is 1. The van der Waals surface area contributed by atoms with E-state index in [1.54, 1.807) is 12.1 Å². The summed E-state index contributed by atoms with van der Waals surface area (Å²) in [5.74, 6) is 0.722. The number of hydrogen-bond donors (Lipinski definition) is 1. The highest BCUT2D eigenvalue weighted by Gasteiger charge is 2.36. The van der Waals surface area contributed by atoms with Crippen LogP contribution in [0.2, 0.25) is 0 Å². The van der Waals surface area contributed by atoms with E-state index in [2.05, 4.69) is 4.98 Å². The minimum atomic E-state index is -4.33. The van der Waals surface area contributed by atoms with Gasteiger partial charge < -0.3 is 9.72 Å². The molecule has 0 amide bonds. The van der Waals surface area contributed by atoms with E-state index in [1.165, 1.54) is 22.7 Å². The summed E-state index contributed by atoms with van der Waals surface area (Å²) in [5.41, 5.74) is 4.26. The molecular weight excluding hydrogens is 399 g/mol. The first-order chi connectivity index (χ1) is 15.0. The number of H-pyrrole nitrogens is 1. The summed E-state index contributed by atoms with van der Waals surface area (Å²) in [6, 6.07) is 10.6. The molecule has 2 nitrogen and oxygen atoms in total. The molecule has 0 aliphatic heterocycles. The first-order valence-corrected chi connectivity index (χ1v) is 11.5. The standard InChI is InChI=1S/C24H24F3NO.C2H6/c25-24(26,27)21-12-15(8-10-18(21)16-4-1-2-5-16)14-29-17-9-11-23-20(13-17)19-6-3-7-22(19)28-23;1-2/h8-13,16,28H,1-7,14H2;1-2H3. The van der Waals surface area contributed by atoms with Crippen LogP contribution >= 0.6 is 0 Å². The number of alkyl halides is 3. The normalized spacial score (nSPS) is 16.3. The van der Waals surface area contributed by atoms with Gasteiger partial charge >= 0.3 is 6.18 Å². The monoisotopic (exact) mass is 429 g/mol. The molecule has 5 rings (SSSR count). The maximum absolute atomic E-state index is 13.7. The molecule has 0 spiro atoms. The summed E-state index contributed by atoms with van der Waals surface area (Å²) >= 11 is 0. The van der Waals surface area contributed by atoms with Crippen LogP contribution in [0.25, 0.3) is 10.9 Å². The second-order valence-electron chi connectivity index (χ2n) is 8.33. The van der Waals surface area contributed by atoms with Crippen molar-refractivity contribution in [2.75, 3.05) is 0 Å². The molecule has 1 N–H and O–H groups in total. The molecule has 0 bridgehead atoms. The number of benzene rings is 2. The zero-order valence-corrected chi connectivity index (χ0v) is 18.2. The molecule has 0 atom stereocenters. The van der Waals surface area contributed by atoms with E-state index in [-0.39, 0.29) is 12.5 Å². The van der Waals surface area contributed by atoms with E-state index in [9.17, 15) is 13.2 Å². The Morgan fingerprint density at radius 2 is 1.74 bits per heavy atom. The summed E-state index contributed by atoms with van der Waals surface area (Å²) < 4.78 is 46.9. The zero-order valence-electron chi connectivity index (χ0n) is 18.2. The molecule has 1 saturated carbocycles. The van der Waals surface area contributed by atoms with Gasteiger partial charge in [0, 0.05) is 16.6 Å². The number of aromatic nitrogens is 1. The topological polar surface area (TPSA) is 25.0 Å². The van der Waals surface area contributed by atoms with Gasteiger partial charge in [0.1, 0.15) is 12.4 Å². The Hall–Kier alpha value is -2.43. The minimum Gasteiger partial charge on any atom is -0.489 e. The van der Waals surface area contributed by atoms with Crippen LogP contribution in [0.15, 0.2) is 36.4 Å². The lowest BCUT2D eigenvalue weighted by molar-refractivity contribution is -0.138. The Labute approximate surface area is 181 Å². The lowest BCUT2D eigenvalue weighted by atomic mass is 9.91. The highest BCUT2D eigenvalue weighted by atomic mass is 19.4. The van der Waals surface area contributed by atoms with E-state index in [0.717, 1.165) is 50.5 Å². The fraction of sp³-hybridized carbons (Fsp3) is 0.462. The SMILES string of the molecule is CC.FC(F)(F)c1cc(COc2ccc3[nH]c4c(c3c2)CCC4)ccc1C1CCCC1. The van der Waals surface area contributed by atoms with Gasteiger partial charge in [0.05, 0.1) is 5.56 Å². The van der Waals surface area contributed by atoms with Crippen molar-refractivity contribution in [3.63, 3.8) is 0 Å². The first kappa shape index (κ1) is 21.8. The number of halogens is 3. The van der Waals surface area contributed by atoms with Crippen LogP contribution in [0, 0.1) is 0 Å². The van der Waals surface area contributed by atoms with Crippen LogP contribution in [-0.4, -0.2) is 4.98 Å². The molecule has 0 unspecified atom stereocenters. The lowest BCUT2D eigenvalue weighted by Crippen LogP contribution is -2.12. The van der Waals surface area contributed by atoms with Crippen LogP contribution in [0.5, 0.6) is 5.75 Å². The van der Waals surface area contributed by atoms with Gasteiger partial charge in [-0.15, -0.1) is 0 Å². The predicted octanol–water partition coefficient (Wildman–Crippen LogP) is 7.94. The van der Waals surface area contributed by atoms with Crippen LogP contribution in [0.3, 0.4) is 0 Å². The molecule has 1 aromatic heterocycles. The molecule has 31 heavy (non-hydrogen) atoms. The largest absolute Gasteiger partial charge is 0.489 e. The molecule has 1 heterocycles. The molecule has 3 aromatic rings. The van der Waals surface area contributed by atoms with Crippen molar-refractivity contribution in [3.05, 3.63) is 64.3 Å². The Kier molecular flexibility index (Phi) is 6.31. The molecule has 1 fully saturated rings. The smallest absolute Gasteiger partial charge is 0.416 e. The van der Waals surface area contributed by atoms with Crippen molar-refractivity contribution in [3.8, 4) is 5.75 Å². The number of rotatable bonds is 4. The van der Waals surface area contributed by atoms with Gasteiger partial charge in [-0.25, -0.2) is 0 Å². The average molecular weight is 430 g/mol. The van der Waals surface area contributed by atoms with Crippen molar-refractivity contribution in [1.29, 1.82) is 0 Å². The molecule has 166 valence electrons. The second-order valence-corrected chi connectivity index (χ2v) is 8.33. The van der Waals surface area contributed by atoms with Crippen LogP contribution in [0.1, 0.15) is 79.8 Å². The van der Waals surface area contributed by atoms with Gasteiger partial charge in [-0.05, 0) is 79.0 Å². The second kappa shape index (κ2) is 8.97. The van der Waals surface area contributed by atoms with Gasteiger partial charge in [0.25, 0.3) is 0 Å². The third-order valence-electron chi connectivity index (χ3n) is 6.44. The van der Waals surface area contributed by atoms with E-state index in [1.807, 2.05) is 32.0 Å². The minimum absolute atomic E-state index is 0.0275. The highest BCUT2D eigenvalue weighted by Crippen LogP contribution is 2.42. The molecular formula is C26H30F3NO. The number of nitrogens with one attached hydrogen (secondary N) is 1. The lowest BCUT2D eigenvalue weighted by Gasteiger charge is -2.19. The Morgan fingerprint density at radius 3 is 2.48 bits per heavy atom. The molecule has 2 aliphatic carbocycles. The van der Waals surface area contributed by atoms with Crippen LogP contribution in [-0.2, 0) is 25.6 Å². The summed E-state index contributed by atoms with van der Waals surface area (Å²) in [6.45, 7) is 4.13. The summed E-state index contributed by atoms with van der Waals surface area (Å²) in [6.07, 6.45) is 2.69. The zero-order chi connectivity index (χ0) is 22.0. The van der Waals surface area contributed by atoms with E-state index >= 15 is 0 Å². The molecule has 0 radical (unpaired) electrons. The fourth-order valence-corrected chi connectivity index (χ4v) is 5.01. The van der Waals surface area contributed by atoms with Gasteiger partial charge in [0.15, 0.2) is 0 Å². The van der Waals surface area contributed by atoms with Crippen LogP contribution in [0.4, 0.5) is 13.2 Å². The number of aromatic amines is 1. The van der Waals surface area contributed by atoms with Crippen molar-refractivity contribution in [2.24, 2.45) is 0 Å². The third kappa shape index (κ3) is 4.46. The van der Waals surface area contributed by atoms with Gasteiger partial charge in [-0.2, -0.15) is 13.2 Å². The summed E-state index contributed by atoms with van der Waals surface area (Å²) in [7, 11) is 0. The van der Waals surface area contributed by atoms with Crippen molar-refractivity contribution < 1.29 is 17.9 Å². The van der Waals surface area contributed by atoms with Gasteiger partial charge in [-0.1, -0.05) is 38.8 Å². The Morgan fingerprint density at radius 1 is 0.968 bits per heavy atom. The van der Waals surface area contributed by atoms with Crippen LogP contribution < -0.4 is 4.74 Å². The number of fused-ring (bicyclic) bond motifs is 3. The number of hydrogen-bond acceptors (Lipinski definition) is 1. The summed E-state index contributed by atoms with van der Waals surface area (Å²) in [5, 5.41) is 1.17. The third-order valence-corrected chi connectivity index (χ3v) is 6.44. The molecule has 2 aromatic carbocycles. The van der Waals surface area contributed by atoms with Gasteiger partial charge in [0.2, 0.25) is 0 Å². The Bertz CT molecular complexity index is 1040. The highest BCUT2D eigenvalue weighted by molar-refractivity contribution is 5.86. The summed E-state index contributed by atoms with van der Waals surface area (Å²) in [4.78, 5) is 3.45. The molecule has 5 heteroatoms. The maximum atomic E-state index is 13.7. The van der Waals surface area contributed by atoms with E-state index < -0.39 is 11.7 Å². The molecule has 2 aliphatic rings. The predicted molar refractivity (Wildman–Crippen MR) is 119 cm³/mol. The van der Waals surface area contributed by atoms with Crippen molar-refractivity contribution in [2.45, 2.75) is 77.5 Å². The average Bonchev–Trinajstić information content (AvgIpc) is 3.51. The van der Waals surface area contributed by atoms with E-state index in [0.29, 0.717) is 16.9 Å². The molecule has 0 saturated heterocycles. The van der Waals surface area contributed by atoms with E-state index in [4.69, 9.17) is 4.74 Å². The Balaban J connectivity index is 0.00000112. The quantitative estimate of drug-likeness (QED) is 0.447. The fourth-order valence-electron chi connectivity index (χ4n) is 5.01. The van der Waals surface area contributed by atoms with Crippen molar-refractivity contribution >= 4 is 10.9 Å². The first-order valence-electron chi connectivity index (χ1n) is 11.5. The van der Waals surface area contributed by atoms with Crippen molar-refractivity contribution in [1.82, 2.24) is 4.98 Å². The number of aryl methyl sites for hydroxylation is 2.